The van der Waals surface area contributed by atoms with E-state index in [0.29, 0.717) is 28.7 Å². The molecule has 0 saturated carbocycles. The zero-order valence-electron chi connectivity index (χ0n) is 15.8. The number of nitrogens with one attached hydrogen (secondary N) is 1. The van der Waals surface area contributed by atoms with E-state index in [1.807, 2.05) is 6.07 Å². The molecule has 2 heterocycles. The van der Waals surface area contributed by atoms with Gasteiger partial charge in [0.05, 0.1) is 21.1 Å². The third-order valence-corrected chi connectivity index (χ3v) is 6.07. The van der Waals surface area contributed by atoms with Crippen LogP contribution in [-0.2, 0) is 11.8 Å². The van der Waals surface area contributed by atoms with Crippen LogP contribution in [0.5, 0.6) is 0 Å². The van der Waals surface area contributed by atoms with Gasteiger partial charge in [0.2, 0.25) is 0 Å². The molecule has 0 fully saturated rings. The molecule has 0 aliphatic heterocycles. The molecule has 8 heteroatoms. The van der Waals surface area contributed by atoms with Crippen LogP contribution in [-0.4, -0.2) is 20.9 Å². The van der Waals surface area contributed by atoms with Gasteiger partial charge in [0.1, 0.15) is 11.5 Å². The van der Waals surface area contributed by atoms with Crippen LogP contribution in [0.1, 0.15) is 36.9 Å². The maximum absolute atomic E-state index is 9.33. The van der Waals surface area contributed by atoms with E-state index in [2.05, 4.69) is 64.9 Å². The molecule has 1 aromatic carbocycles. The van der Waals surface area contributed by atoms with Gasteiger partial charge in [-0.25, -0.2) is 4.98 Å². The van der Waals surface area contributed by atoms with E-state index < -0.39 is 0 Å². The molecule has 0 aliphatic rings. The molecule has 0 saturated heterocycles. The Labute approximate surface area is 178 Å². The third-order valence-electron chi connectivity index (χ3n) is 4.08. The second-order valence-corrected chi connectivity index (χ2v) is 9.37. The molecule has 0 radical (unpaired) electrons. The number of hydrogen-bond acceptors (Lipinski definition) is 7. The second-order valence-electron chi connectivity index (χ2n) is 7.19. The molecule has 28 heavy (non-hydrogen) atoms. The smallest absolute Gasteiger partial charge is 0.136 e. The number of halogens is 1. The van der Waals surface area contributed by atoms with E-state index in [1.165, 1.54) is 28.8 Å². The lowest BCUT2D eigenvalue weighted by atomic mass is 9.87. The maximum Gasteiger partial charge on any atom is 0.136 e. The molecule has 0 amide bonds. The Morgan fingerprint density at radius 2 is 1.96 bits per heavy atom. The summed E-state index contributed by atoms with van der Waals surface area (Å²) in [5.74, 6) is 0.686. The Kier molecular flexibility index (Phi) is 6.59. The fraction of sp³-hybridized carbons (Fsp3) is 0.250. The zero-order chi connectivity index (χ0) is 20.1. The minimum absolute atomic E-state index is 0.132. The van der Waals surface area contributed by atoms with Crippen LogP contribution in [0.15, 0.2) is 58.2 Å². The van der Waals surface area contributed by atoms with E-state index in [1.54, 1.807) is 17.8 Å². The largest absolute Gasteiger partial charge is 0.411 e. The van der Waals surface area contributed by atoms with Crippen LogP contribution in [0, 0.1) is 0 Å². The van der Waals surface area contributed by atoms with Crippen LogP contribution in [0.3, 0.4) is 0 Å². The Morgan fingerprint density at radius 3 is 2.57 bits per heavy atom. The van der Waals surface area contributed by atoms with Crippen LogP contribution < -0.4 is 4.72 Å². The van der Waals surface area contributed by atoms with Crippen molar-refractivity contribution in [1.82, 2.24) is 9.97 Å². The molecule has 146 valence electrons. The highest BCUT2D eigenvalue weighted by atomic mass is 35.5. The lowest BCUT2D eigenvalue weighted by Crippen LogP contribution is -2.10. The summed E-state index contributed by atoms with van der Waals surface area (Å²) in [6.45, 7) is 6.59. The average Bonchev–Trinajstić information content (AvgIpc) is 3.20. The second kappa shape index (κ2) is 8.94. The molecule has 2 N–H and O–H groups in total. The lowest BCUT2D eigenvalue weighted by molar-refractivity contribution is 0.318. The summed E-state index contributed by atoms with van der Waals surface area (Å²) in [7, 11) is 0. The minimum atomic E-state index is 0.132. The van der Waals surface area contributed by atoms with Gasteiger partial charge < -0.3 is 9.93 Å². The van der Waals surface area contributed by atoms with Crippen LogP contribution >= 0.6 is 34.9 Å². The number of thiazole rings is 1. The highest BCUT2D eigenvalue weighted by Crippen LogP contribution is 2.27. The number of rotatable bonds is 6. The fourth-order valence-corrected chi connectivity index (χ4v) is 3.87. The van der Waals surface area contributed by atoms with Crippen molar-refractivity contribution in [2.45, 2.75) is 37.5 Å². The van der Waals surface area contributed by atoms with Crippen molar-refractivity contribution in [3.05, 3.63) is 69.3 Å². The summed E-state index contributed by atoms with van der Waals surface area (Å²) < 4.78 is 3.25. The monoisotopic (exact) mass is 432 g/mol. The number of aromatic nitrogens is 2. The summed E-state index contributed by atoms with van der Waals surface area (Å²) in [5.41, 5.74) is 4.24. The summed E-state index contributed by atoms with van der Waals surface area (Å²) in [4.78, 5) is 10.5. The first-order valence-corrected chi connectivity index (χ1v) is 10.7. The van der Waals surface area contributed by atoms with Crippen molar-refractivity contribution in [3.8, 4) is 0 Å². The fourth-order valence-electron chi connectivity index (χ4n) is 2.49. The topological polar surface area (TPSA) is 70.4 Å². The van der Waals surface area contributed by atoms with Crippen molar-refractivity contribution in [3.63, 3.8) is 0 Å². The first-order valence-electron chi connectivity index (χ1n) is 8.65. The van der Waals surface area contributed by atoms with Crippen molar-refractivity contribution >= 4 is 46.4 Å². The van der Waals surface area contributed by atoms with Gasteiger partial charge >= 0.3 is 0 Å². The van der Waals surface area contributed by atoms with Crippen molar-refractivity contribution in [1.29, 1.82) is 0 Å². The van der Waals surface area contributed by atoms with Gasteiger partial charge in [-0.15, -0.1) is 11.3 Å². The Bertz CT molecular complexity index is 951. The van der Waals surface area contributed by atoms with Gasteiger partial charge in [-0.3, -0.25) is 4.98 Å². The Morgan fingerprint density at radius 1 is 1.21 bits per heavy atom. The molecule has 0 unspecified atom stereocenters. The van der Waals surface area contributed by atoms with Crippen molar-refractivity contribution < 1.29 is 5.21 Å². The quantitative estimate of drug-likeness (QED) is 0.215. The molecule has 3 rings (SSSR count). The minimum Gasteiger partial charge on any atom is -0.411 e. The number of nitrogens with zero attached hydrogens (tertiary/aromatic N) is 3. The summed E-state index contributed by atoms with van der Waals surface area (Å²) >= 11 is 9.18. The maximum atomic E-state index is 9.33. The van der Waals surface area contributed by atoms with Crippen LogP contribution in [0.2, 0.25) is 5.02 Å². The average molecular weight is 433 g/mol. The normalized spacial score (nSPS) is 12.2. The summed E-state index contributed by atoms with van der Waals surface area (Å²) in [6.07, 6.45) is 1.98. The first kappa shape index (κ1) is 20.6. The van der Waals surface area contributed by atoms with Gasteiger partial charge in [-0.1, -0.05) is 49.7 Å². The molecular formula is C20H21ClN4OS2. The van der Waals surface area contributed by atoms with Crippen molar-refractivity contribution in [2.75, 3.05) is 4.72 Å². The van der Waals surface area contributed by atoms with E-state index >= 15 is 0 Å². The lowest BCUT2D eigenvalue weighted by Gasteiger charge is -2.19. The zero-order valence-corrected chi connectivity index (χ0v) is 18.2. The molecule has 5 nitrogen and oxygen atoms in total. The predicted octanol–water partition coefficient (Wildman–Crippen LogP) is 6.03. The summed E-state index contributed by atoms with van der Waals surface area (Å²) in [6, 6.07) is 12.1. The number of anilines is 1. The standard InChI is InChI=1S/C20H21ClN4OS2/c1-20(2,3)13-4-6-14(7-5-13)28-25-19-9-8-15(21)16(23-19)10-17(24-26)18-11-22-12-27-18/h4-9,11-12,26H,10H2,1-3H3,(H,23,25)/b24-17-. The van der Waals surface area contributed by atoms with E-state index in [4.69, 9.17) is 11.6 Å². The first-order chi connectivity index (χ1) is 13.4. The van der Waals surface area contributed by atoms with E-state index in [-0.39, 0.29) is 5.41 Å². The van der Waals surface area contributed by atoms with Crippen LogP contribution in [0.25, 0.3) is 0 Å². The molecule has 0 atom stereocenters. The number of benzene rings is 1. The van der Waals surface area contributed by atoms with Crippen LogP contribution in [0.4, 0.5) is 5.82 Å². The Hall–Kier alpha value is -2.09. The SMILES string of the molecule is CC(C)(C)c1ccc(SNc2ccc(Cl)c(C/C(=N/O)c3cncs3)n2)cc1. The molecule has 0 bridgehead atoms. The van der Waals surface area contributed by atoms with Gasteiger partial charge in [0.25, 0.3) is 0 Å². The van der Waals surface area contributed by atoms with Crippen molar-refractivity contribution in [2.24, 2.45) is 5.16 Å². The molecular weight excluding hydrogens is 412 g/mol. The molecule has 0 spiro atoms. The number of oxime groups is 1. The van der Waals surface area contributed by atoms with E-state index in [9.17, 15) is 5.21 Å². The third kappa shape index (κ3) is 5.25. The Balaban J connectivity index is 1.69. The number of hydrogen-bond donors (Lipinski definition) is 2. The predicted molar refractivity (Wildman–Crippen MR) is 118 cm³/mol. The van der Waals surface area contributed by atoms with Gasteiger partial charge in [-0.2, -0.15) is 0 Å². The summed E-state index contributed by atoms with van der Waals surface area (Å²) in [5, 5.41) is 13.2. The van der Waals surface area contributed by atoms with E-state index in [0.717, 1.165) is 9.77 Å². The highest BCUT2D eigenvalue weighted by molar-refractivity contribution is 8.00. The van der Waals surface area contributed by atoms with Gasteiger partial charge in [0.15, 0.2) is 0 Å². The molecule has 2 aromatic heterocycles. The van der Waals surface area contributed by atoms with Gasteiger partial charge in [0, 0.05) is 17.5 Å². The molecule has 0 aliphatic carbocycles. The highest BCUT2D eigenvalue weighted by Gasteiger charge is 2.14. The van der Waals surface area contributed by atoms with Gasteiger partial charge in [-0.05, 0) is 47.2 Å². The number of pyridine rings is 1. The molecule has 3 aromatic rings.